The van der Waals surface area contributed by atoms with Crippen molar-refractivity contribution in [1.82, 2.24) is 4.90 Å². The summed E-state index contributed by atoms with van der Waals surface area (Å²) in [5, 5.41) is 9.93. The zero-order valence-corrected chi connectivity index (χ0v) is 9.87. The highest BCUT2D eigenvalue weighted by Gasteiger charge is 2.38. The maximum Gasteiger partial charge on any atom is 0.220 e. The first kappa shape index (κ1) is 11.9. The number of thiol groups is 1. The van der Waals surface area contributed by atoms with E-state index in [9.17, 15) is 9.90 Å². The summed E-state index contributed by atoms with van der Waals surface area (Å²) in [5.74, 6) is 0.933. The van der Waals surface area contributed by atoms with E-state index in [-0.39, 0.29) is 23.9 Å². The summed E-state index contributed by atoms with van der Waals surface area (Å²) in [7, 11) is 0. The van der Waals surface area contributed by atoms with Gasteiger partial charge in [-0.05, 0) is 31.9 Å². The largest absolute Gasteiger partial charge is 0.391 e. The lowest BCUT2D eigenvalue weighted by Crippen LogP contribution is -2.56. The van der Waals surface area contributed by atoms with Crippen LogP contribution in [-0.4, -0.2) is 39.9 Å². The Hall–Kier alpha value is -0.220. The molecule has 0 aromatic rings. The minimum absolute atomic E-state index is 0.0432. The lowest BCUT2D eigenvalue weighted by molar-refractivity contribution is -0.142. The van der Waals surface area contributed by atoms with Gasteiger partial charge in [-0.3, -0.25) is 4.79 Å². The van der Waals surface area contributed by atoms with Gasteiger partial charge < -0.3 is 10.0 Å². The van der Waals surface area contributed by atoms with Gasteiger partial charge in [-0.15, -0.1) is 0 Å². The number of aliphatic hydroxyl groups excluding tert-OH is 1. The molecule has 1 saturated heterocycles. The lowest BCUT2D eigenvalue weighted by Gasteiger charge is -2.45. The van der Waals surface area contributed by atoms with E-state index in [1.54, 1.807) is 11.8 Å². The number of carbonyl (C=O) groups excluding carboxylic acids is 1. The number of nitrogens with zero attached hydrogens (tertiary/aromatic N) is 1. The van der Waals surface area contributed by atoms with Gasteiger partial charge in [-0.2, -0.15) is 12.6 Å². The molecule has 0 radical (unpaired) electrons. The van der Waals surface area contributed by atoms with Crippen molar-refractivity contribution in [1.29, 1.82) is 0 Å². The van der Waals surface area contributed by atoms with Crippen LogP contribution in [-0.2, 0) is 4.79 Å². The highest BCUT2D eigenvalue weighted by atomic mass is 32.1. The minimum Gasteiger partial charge on any atom is -0.391 e. The Bertz CT molecular complexity index is 222. The molecular formula is C10H19NO2S. The number of likely N-dealkylation sites (tertiary alicyclic amines) is 1. The van der Waals surface area contributed by atoms with Crippen LogP contribution in [0.3, 0.4) is 0 Å². The Labute approximate surface area is 90.9 Å². The van der Waals surface area contributed by atoms with Crippen LogP contribution < -0.4 is 0 Å². The van der Waals surface area contributed by atoms with Crippen LogP contribution in [0.2, 0.25) is 0 Å². The molecule has 1 heterocycles. The number of rotatable bonds is 1. The second-order valence-electron chi connectivity index (χ2n) is 4.18. The van der Waals surface area contributed by atoms with Crippen molar-refractivity contribution in [2.24, 2.45) is 5.92 Å². The molecule has 1 aliphatic heterocycles. The molecule has 82 valence electrons. The van der Waals surface area contributed by atoms with Gasteiger partial charge in [0.2, 0.25) is 5.91 Å². The van der Waals surface area contributed by atoms with Gasteiger partial charge in [0.25, 0.3) is 0 Å². The molecule has 0 aromatic carbocycles. The lowest BCUT2D eigenvalue weighted by atomic mass is 9.85. The predicted molar refractivity (Wildman–Crippen MR) is 59.4 cm³/mol. The summed E-state index contributed by atoms with van der Waals surface area (Å²) >= 11 is 4.22. The van der Waals surface area contributed by atoms with Crippen LogP contribution in [0.4, 0.5) is 0 Å². The highest BCUT2D eigenvalue weighted by Crippen LogP contribution is 2.28. The van der Waals surface area contributed by atoms with Crippen molar-refractivity contribution >= 4 is 18.5 Å². The van der Waals surface area contributed by atoms with E-state index in [2.05, 4.69) is 12.6 Å². The Morgan fingerprint density at radius 1 is 1.57 bits per heavy atom. The zero-order valence-electron chi connectivity index (χ0n) is 8.97. The fraction of sp³-hybridized carbons (Fsp3) is 0.900. The minimum atomic E-state index is -0.437. The van der Waals surface area contributed by atoms with Crippen LogP contribution in [0.5, 0.6) is 0 Å². The molecule has 0 aliphatic carbocycles. The Balaban J connectivity index is 2.79. The van der Waals surface area contributed by atoms with E-state index in [0.29, 0.717) is 5.75 Å². The number of hydrogen-bond donors (Lipinski definition) is 2. The highest BCUT2D eigenvalue weighted by molar-refractivity contribution is 7.80. The van der Waals surface area contributed by atoms with Crippen molar-refractivity contribution in [3.05, 3.63) is 0 Å². The van der Waals surface area contributed by atoms with E-state index in [1.807, 2.05) is 13.8 Å². The molecule has 4 unspecified atom stereocenters. The number of hydrogen-bond acceptors (Lipinski definition) is 3. The number of amides is 1. The van der Waals surface area contributed by atoms with Gasteiger partial charge in [-0.1, -0.05) is 0 Å². The molecule has 1 fully saturated rings. The fourth-order valence-corrected chi connectivity index (χ4v) is 2.80. The molecule has 1 N–H and O–H groups in total. The van der Waals surface area contributed by atoms with Gasteiger partial charge in [0.1, 0.15) is 0 Å². The van der Waals surface area contributed by atoms with Gasteiger partial charge in [0, 0.05) is 13.0 Å². The molecule has 0 spiro atoms. The molecule has 14 heavy (non-hydrogen) atoms. The predicted octanol–water partition coefficient (Wildman–Crippen LogP) is 0.922. The molecule has 3 nitrogen and oxygen atoms in total. The quantitative estimate of drug-likeness (QED) is 0.641. The Kier molecular flexibility index (Phi) is 3.84. The van der Waals surface area contributed by atoms with Gasteiger partial charge in [0.15, 0.2) is 0 Å². The second kappa shape index (κ2) is 4.53. The topological polar surface area (TPSA) is 40.5 Å². The van der Waals surface area contributed by atoms with Crippen LogP contribution in [0.25, 0.3) is 0 Å². The maximum absolute atomic E-state index is 11.4. The van der Waals surface area contributed by atoms with Gasteiger partial charge >= 0.3 is 0 Å². The van der Waals surface area contributed by atoms with Crippen molar-refractivity contribution in [2.75, 3.05) is 5.75 Å². The zero-order chi connectivity index (χ0) is 10.9. The van der Waals surface area contributed by atoms with Crippen molar-refractivity contribution in [3.8, 4) is 0 Å². The average Bonchev–Trinajstić information content (AvgIpc) is 2.10. The number of carbonyl (C=O) groups is 1. The summed E-state index contributed by atoms with van der Waals surface area (Å²) in [6.45, 7) is 5.49. The van der Waals surface area contributed by atoms with Crippen LogP contribution in [0.1, 0.15) is 27.2 Å². The van der Waals surface area contributed by atoms with E-state index in [4.69, 9.17) is 0 Å². The van der Waals surface area contributed by atoms with Crippen LogP contribution in [0.15, 0.2) is 0 Å². The molecule has 0 aromatic heterocycles. The van der Waals surface area contributed by atoms with E-state index in [0.717, 1.165) is 6.42 Å². The molecule has 1 rings (SSSR count). The number of piperidine rings is 1. The van der Waals surface area contributed by atoms with Gasteiger partial charge in [0.05, 0.1) is 12.1 Å². The summed E-state index contributed by atoms with van der Waals surface area (Å²) in [4.78, 5) is 13.1. The van der Waals surface area contributed by atoms with E-state index < -0.39 is 6.10 Å². The van der Waals surface area contributed by atoms with Crippen LogP contribution >= 0.6 is 12.6 Å². The van der Waals surface area contributed by atoms with Crippen LogP contribution in [0, 0.1) is 5.92 Å². The summed E-state index contributed by atoms with van der Waals surface area (Å²) < 4.78 is 0. The molecule has 1 amide bonds. The van der Waals surface area contributed by atoms with Crippen molar-refractivity contribution in [3.63, 3.8) is 0 Å². The second-order valence-corrected chi connectivity index (χ2v) is 4.55. The fourth-order valence-electron chi connectivity index (χ4n) is 2.43. The monoisotopic (exact) mass is 217 g/mol. The number of aliphatic hydroxyl groups is 1. The third-order valence-corrected chi connectivity index (χ3v) is 3.60. The van der Waals surface area contributed by atoms with E-state index in [1.165, 1.54) is 0 Å². The molecule has 4 atom stereocenters. The Morgan fingerprint density at radius 2 is 2.14 bits per heavy atom. The SMILES string of the molecule is CC(=O)N1C(C)CC(CS)C(O)C1C. The summed E-state index contributed by atoms with van der Waals surface area (Å²) in [6, 6.07) is 0.122. The first-order valence-electron chi connectivity index (χ1n) is 5.06. The average molecular weight is 217 g/mol. The molecule has 0 saturated carbocycles. The molecule has 4 heteroatoms. The molecule has 0 bridgehead atoms. The van der Waals surface area contributed by atoms with Crippen molar-refractivity contribution in [2.45, 2.75) is 45.4 Å². The standard InChI is InChI=1S/C10H19NO2S/c1-6-4-9(5-14)10(13)7(2)11(6)8(3)12/h6-7,9-10,13-14H,4-5H2,1-3H3. The third kappa shape index (κ3) is 2.06. The summed E-state index contributed by atoms with van der Waals surface area (Å²) in [6.07, 6.45) is 0.404. The third-order valence-electron chi connectivity index (χ3n) is 3.13. The maximum atomic E-state index is 11.4. The molecular weight excluding hydrogens is 198 g/mol. The first-order chi connectivity index (χ1) is 6.49. The van der Waals surface area contributed by atoms with E-state index >= 15 is 0 Å². The summed E-state index contributed by atoms with van der Waals surface area (Å²) in [5.41, 5.74) is 0. The van der Waals surface area contributed by atoms with Crippen molar-refractivity contribution < 1.29 is 9.90 Å². The Morgan fingerprint density at radius 3 is 2.57 bits per heavy atom. The molecule has 1 aliphatic rings. The normalized spacial score (nSPS) is 38.5. The first-order valence-corrected chi connectivity index (χ1v) is 5.70. The smallest absolute Gasteiger partial charge is 0.220 e. The van der Waals surface area contributed by atoms with Gasteiger partial charge in [-0.25, -0.2) is 0 Å².